The highest BCUT2D eigenvalue weighted by Crippen LogP contribution is 2.23. The van der Waals surface area contributed by atoms with Crippen LogP contribution in [-0.4, -0.2) is 87.5 Å². The fraction of sp³-hybridized carbons (Fsp3) is 0.976. The Morgan fingerprint density at radius 3 is 1.42 bits per heavy atom. The molecule has 0 aromatic heterocycles. The number of unbranched alkanes of at least 4 members (excludes halogenated alkanes) is 25. The molecule has 6 N–H and O–H groups in total. The molecule has 0 spiro atoms. The average molecular weight is 716 g/mol. The van der Waals surface area contributed by atoms with Gasteiger partial charge in [0.2, 0.25) is 5.91 Å². The van der Waals surface area contributed by atoms with Crippen LogP contribution in [-0.2, 0) is 14.3 Å². The van der Waals surface area contributed by atoms with Crippen molar-refractivity contribution < 1.29 is 39.8 Å². The Labute approximate surface area is 306 Å². The maximum atomic E-state index is 12.8. The van der Waals surface area contributed by atoms with Gasteiger partial charge >= 0.3 is 0 Å². The van der Waals surface area contributed by atoms with Crippen molar-refractivity contribution in [1.82, 2.24) is 5.32 Å². The fourth-order valence-corrected chi connectivity index (χ4v) is 6.98. The Morgan fingerprint density at radius 1 is 0.600 bits per heavy atom. The molecule has 0 aromatic carbocycles. The van der Waals surface area contributed by atoms with E-state index < -0.39 is 49.5 Å². The van der Waals surface area contributed by atoms with Crippen LogP contribution in [0.15, 0.2) is 0 Å². The predicted molar refractivity (Wildman–Crippen MR) is 203 cm³/mol. The molecule has 1 amide bonds. The maximum Gasteiger partial charge on any atom is 0.220 e. The molecule has 0 radical (unpaired) electrons. The molecule has 1 heterocycles. The molecule has 1 saturated heterocycles. The summed E-state index contributed by atoms with van der Waals surface area (Å²) in [4.78, 5) is 12.8. The van der Waals surface area contributed by atoms with Crippen molar-refractivity contribution in [3.05, 3.63) is 0 Å². The molecule has 9 heteroatoms. The van der Waals surface area contributed by atoms with Crippen LogP contribution >= 0.6 is 0 Å². The summed E-state index contributed by atoms with van der Waals surface area (Å²) in [6.07, 6.45) is 26.9. The number of ether oxygens (including phenoxy) is 2. The maximum absolute atomic E-state index is 12.8. The van der Waals surface area contributed by atoms with Gasteiger partial charge in [0.05, 0.1) is 25.4 Å². The van der Waals surface area contributed by atoms with Gasteiger partial charge in [-0.05, 0) is 12.8 Å². The zero-order valence-electron chi connectivity index (χ0n) is 32.4. The molecule has 1 aliphatic heterocycles. The average Bonchev–Trinajstić information content (AvgIpc) is 3.11. The van der Waals surface area contributed by atoms with Crippen LogP contribution in [0.1, 0.15) is 200 Å². The minimum atomic E-state index is -1.55. The first kappa shape index (κ1) is 47.2. The van der Waals surface area contributed by atoms with Crippen molar-refractivity contribution in [2.75, 3.05) is 13.2 Å². The van der Waals surface area contributed by atoms with E-state index in [4.69, 9.17) is 9.47 Å². The largest absolute Gasteiger partial charge is 0.394 e. The molecule has 9 nitrogen and oxygen atoms in total. The lowest BCUT2D eigenvalue weighted by Gasteiger charge is -2.40. The second kappa shape index (κ2) is 32.8. The minimum Gasteiger partial charge on any atom is -0.394 e. The Balaban J connectivity index is 2.29. The molecular formula is C41H81NO8. The minimum absolute atomic E-state index is 0.133. The summed E-state index contributed by atoms with van der Waals surface area (Å²) in [7, 11) is 0. The second-order valence-corrected chi connectivity index (χ2v) is 15.1. The number of hydrogen-bond donors (Lipinski definition) is 6. The Bertz CT molecular complexity index is 756. The van der Waals surface area contributed by atoms with Gasteiger partial charge in [-0.15, -0.1) is 0 Å². The normalized spacial score (nSPS) is 22.1. The van der Waals surface area contributed by atoms with Gasteiger partial charge in [-0.2, -0.15) is 0 Å². The van der Waals surface area contributed by atoms with Crippen LogP contribution < -0.4 is 5.32 Å². The van der Waals surface area contributed by atoms with Crippen LogP contribution in [0.4, 0.5) is 0 Å². The number of aliphatic hydroxyl groups excluding tert-OH is 5. The van der Waals surface area contributed by atoms with Gasteiger partial charge in [0.15, 0.2) is 6.29 Å². The van der Waals surface area contributed by atoms with Crippen LogP contribution in [0.25, 0.3) is 0 Å². The van der Waals surface area contributed by atoms with Crippen molar-refractivity contribution in [3.8, 4) is 0 Å². The summed E-state index contributed by atoms with van der Waals surface area (Å²) < 4.78 is 11.2. The SMILES string of the molecule is CCCCCCCCCCCCCCCCCCCCCC(O)C(COC1OC(CO)C(O)C(O)C1O)NC(=O)CCCCCCCCCC. The zero-order valence-corrected chi connectivity index (χ0v) is 32.4. The summed E-state index contributed by atoms with van der Waals surface area (Å²) in [5.41, 5.74) is 0. The van der Waals surface area contributed by atoms with Crippen molar-refractivity contribution in [2.24, 2.45) is 0 Å². The molecule has 0 aliphatic carbocycles. The van der Waals surface area contributed by atoms with E-state index >= 15 is 0 Å². The molecule has 298 valence electrons. The molecule has 7 atom stereocenters. The van der Waals surface area contributed by atoms with Crippen LogP contribution in [0.3, 0.4) is 0 Å². The zero-order chi connectivity index (χ0) is 36.7. The third kappa shape index (κ3) is 23.7. The highest BCUT2D eigenvalue weighted by molar-refractivity contribution is 5.76. The van der Waals surface area contributed by atoms with Crippen molar-refractivity contribution in [1.29, 1.82) is 0 Å². The molecule has 1 rings (SSSR count). The third-order valence-corrected chi connectivity index (χ3v) is 10.5. The van der Waals surface area contributed by atoms with E-state index in [2.05, 4.69) is 19.2 Å². The molecule has 0 aromatic rings. The van der Waals surface area contributed by atoms with Crippen molar-refractivity contribution in [2.45, 2.75) is 243 Å². The summed E-state index contributed by atoms with van der Waals surface area (Å²) >= 11 is 0. The predicted octanol–water partition coefficient (Wildman–Crippen LogP) is 8.00. The quantitative estimate of drug-likeness (QED) is 0.0362. The summed E-state index contributed by atoms with van der Waals surface area (Å²) in [5.74, 6) is -0.148. The Hall–Kier alpha value is -0.810. The van der Waals surface area contributed by atoms with Gasteiger partial charge in [0.25, 0.3) is 0 Å². The van der Waals surface area contributed by atoms with Crippen molar-refractivity contribution in [3.63, 3.8) is 0 Å². The van der Waals surface area contributed by atoms with E-state index in [1.165, 1.54) is 135 Å². The van der Waals surface area contributed by atoms with Gasteiger partial charge in [-0.25, -0.2) is 0 Å². The first-order valence-corrected chi connectivity index (χ1v) is 21.2. The lowest BCUT2D eigenvalue weighted by molar-refractivity contribution is -0.302. The van der Waals surface area contributed by atoms with Crippen LogP contribution in [0.5, 0.6) is 0 Å². The number of amides is 1. The highest BCUT2D eigenvalue weighted by atomic mass is 16.7. The molecule has 1 aliphatic rings. The topological polar surface area (TPSA) is 149 Å². The number of carbonyl (C=O) groups is 1. The molecule has 50 heavy (non-hydrogen) atoms. The van der Waals surface area contributed by atoms with Crippen LogP contribution in [0, 0.1) is 0 Å². The van der Waals surface area contributed by atoms with Gasteiger partial charge in [0.1, 0.15) is 24.4 Å². The standard InChI is InChI=1S/C41H81NO8/c1-3-5-7-9-11-13-14-15-16-17-18-19-20-21-22-23-24-26-28-30-35(44)34(42-37(45)31-29-27-25-12-10-8-6-4-2)33-49-41-40(48)39(47)38(46)36(32-43)50-41/h34-36,38-41,43-44,46-48H,3-33H2,1-2H3,(H,42,45). The lowest BCUT2D eigenvalue weighted by atomic mass is 9.99. The number of nitrogens with one attached hydrogen (secondary N) is 1. The second-order valence-electron chi connectivity index (χ2n) is 15.1. The number of rotatable bonds is 35. The number of aliphatic hydroxyl groups is 5. The van der Waals surface area contributed by atoms with E-state index in [-0.39, 0.29) is 12.5 Å². The van der Waals surface area contributed by atoms with Gasteiger partial charge < -0.3 is 40.3 Å². The molecule has 0 saturated carbocycles. The van der Waals surface area contributed by atoms with Gasteiger partial charge in [-0.1, -0.05) is 181 Å². The molecule has 1 fully saturated rings. The number of hydrogen-bond acceptors (Lipinski definition) is 8. The first-order valence-electron chi connectivity index (χ1n) is 21.2. The number of carbonyl (C=O) groups excluding carboxylic acids is 1. The lowest BCUT2D eigenvalue weighted by Crippen LogP contribution is -2.60. The van der Waals surface area contributed by atoms with E-state index in [1.54, 1.807) is 0 Å². The summed E-state index contributed by atoms with van der Waals surface area (Å²) in [5, 5.41) is 54.1. The van der Waals surface area contributed by atoms with Gasteiger partial charge in [-0.3, -0.25) is 4.79 Å². The van der Waals surface area contributed by atoms with Crippen molar-refractivity contribution >= 4 is 5.91 Å². The molecule has 7 unspecified atom stereocenters. The van der Waals surface area contributed by atoms with E-state index in [1.807, 2.05) is 0 Å². The summed E-state index contributed by atoms with van der Waals surface area (Å²) in [6, 6.07) is -0.709. The monoisotopic (exact) mass is 716 g/mol. The van der Waals surface area contributed by atoms with E-state index in [0.29, 0.717) is 12.8 Å². The van der Waals surface area contributed by atoms with Gasteiger partial charge in [0, 0.05) is 6.42 Å². The Morgan fingerprint density at radius 2 is 1.00 bits per heavy atom. The smallest absolute Gasteiger partial charge is 0.220 e. The molecular weight excluding hydrogens is 634 g/mol. The van der Waals surface area contributed by atoms with Crippen LogP contribution in [0.2, 0.25) is 0 Å². The van der Waals surface area contributed by atoms with E-state index in [9.17, 15) is 30.3 Å². The fourth-order valence-electron chi connectivity index (χ4n) is 6.98. The highest BCUT2D eigenvalue weighted by Gasteiger charge is 2.44. The molecule has 0 bridgehead atoms. The third-order valence-electron chi connectivity index (χ3n) is 10.5. The first-order chi connectivity index (χ1) is 24.3. The Kier molecular flexibility index (Phi) is 31.0. The van der Waals surface area contributed by atoms with E-state index in [0.717, 1.165) is 38.5 Å². The summed E-state index contributed by atoms with van der Waals surface area (Å²) in [6.45, 7) is 3.80.